The van der Waals surface area contributed by atoms with Gasteiger partial charge in [0, 0.05) is 18.0 Å². The van der Waals surface area contributed by atoms with Gasteiger partial charge in [-0.3, -0.25) is 4.79 Å². The fourth-order valence-electron chi connectivity index (χ4n) is 1.50. The summed E-state index contributed by atoms with van der Waals surface area (Å²) in [6.07, 6.45) is 3.48. The van der Waals surface area contributed by atoms with Crippen LogP contribution in [0.3, 0.4) is 0 Å². The molecular formula is C12H8N6O. The Morgan fingerprint density at radius 3 is 2.47 bits per heavy atom. The molecule has 1 aromatic carbocycles. The molecule has 3 aromatic rings. The molecule has 0 amide bonds. The predicted octanol–water partition coefficient (Wildman–Crippen LogP) is 0.932. The van der Waals surface area contributed by atoms with E-state index in [0.29, 0.717) is 17.7 Å². The van der Waals surface area contributed by atoms with Crippen LogP contribution in [0.15, 0.2) is 42.7 Å². The van der Waals surface area contributed by atoms with Crippen molar-refractivity contribution >= 4 is 6.29 Å². The number of rotatable bonds is 3. The molecule has 0 aliphatic heterocycles. The number of tetrazole rings is 1. The predicted molar refractivity (Wildman–Crippen MR) is 65.6 cm³/mol. The topological polar surface area (TPSA) is 86.5 Å². The Balaban J connectivity index is 1.94. The fraction of sp³-hybridized carbons (Fsp3) is 0. The zero-order valence-corrected chi connectivity index (χ0v) is 9.71. The summed E-state index contributed by atoms with van der Waals surface area (Å²) < 4.78 is 0. The summed E-state index contributed by atoms with van der Waals surface area (Å²) in [5.74, 6) is 0.754. The van der Waals surface area contributed by atoms with Crippen LogP contribution in [0.2, 0.25) is 0 Å². The monoisotopic (exact) mass is 252 g/mol. The van der Waals surface area contributed by atoms with Crippen molar-refractivity contribution in [2.45, 2.75) is 0 Å². The first-order valence-electron chi connectivity index (χ1n) is 5.50. The first-order valence-corrected chi connectivity index (χ1v) is 5.50. The molecule has 7 nitrogen and oxygen atoms in total. The molecule has 0 atom stereocenters. The van der Waals surface area contributed by atoms with Crippen LogP contribution in [0.25, 0.3) is 17.3 Å². The first-order chi connectivity index (χ1) is 9.36. The third-order valence-corrected chi connectivity index (χ3v) is 2.42. The minimum atomic E-state index is 0.264. The molecule has 19 heavy (non-hydrogen) atoms. The van der Waals surface area contributed by atoms with E-state index < -0.39 is 0 Å². The van der Waals surface area contributed by atoms with Crippen molar-refractivity contribution in [2.75, 3.05) is 0 Å². The highest BCUT2D eigenvalue weighted by atomic mass is 16.1. The van der Waals surface area contributed by atoms with E-state index in [4.69, 9.17) is 0 Å². The van der Waals surface area contributed by atoms with Gasteiger partial charge in [-0.05, 0) is 5.21 Å². The van der Waals surface area contributed by atoms with E-state index in [1.54, 1.807) is 0 Å². The van der Waals surface area contributed by atoms with Crippen molar-refractivity contribution in [3.05, 3.63) is 48.3 Å². The highest BCUT2D eigenvalue weighted by molar-refractivity contribution is 5.73. The van der Waals surface area contributed by atoms with Crippen molar-refractivity contribution in [1.82, 2.24) is 30.2 Å². The molecule has 92 valence electrons. The maximum atomic E-state index is 10.5. The second-order valence-electron chi connectivity index (χ2n) is 3.70. The first kappa shape index (κ1) is 11.1. The highest BCUT2D eigenvalue weighted by Crippen LogP contribution is 2.12. The van der Waals surface area contributed by atoms with E-state index >= 15 is 0 Å². The van der Waals surface area contributed by atoms with Crippen LogP contribution in [-0.4, -0.2) is 36.5 Å². The Morgan fingerprint density at radius 1 is 1.05 bits per heavy atom. The normalized spacial score (nSPS) is 10.3. The molecular weight excluding hydrogens is 244 g/mol. The Morgan fingerprint density at radius 2 is 1.79 bits per heavy atom. The molecule has 0 aliphatic carbocycles. The SMILES string of the molecule is O=Cc1cnc(-n2nnc(-c3ccccc3)n2)nc1. The molecule has 0 saturated carbocycles. The summed E-state index contributed by atoms with van der Waals surface area (Å²) in [5, 5.41) is 12.0. The third-order valence-electron chi connectivity index (χ3n) is 2.42. The number of aromatic nitrogens is 6. The smallest absolute Gasteiger partial charge is 0.270 e. The number of hydrogen-bond acceptors (Lipinski definition) is 6. The van der Waals surface area contributed by atoms with Crippen molar-refractivity contribution in [1.29, 1.82) is 0 Å². The molecule has 0 aliphatic rings. The fourth-order valence-corrected chi connectivity index (χ4v) is 1.50. The van der Waals surface area contributed by atoms with Crippen molar-refractivity contribution in [3.63, 3.8) is 0 Å². The van der Waals surface area contributed by atoms with Gasteiger partial charge in [-0.1, -0.05) is 35.1 Å². The molecule has 0 bridgehead atoms. The highest BCUT2D eigenvalue weighted by Gasteiger charge is 2.08. The molecule has 7 heteroatoms. The lowest BCUT2D eigenvalue weighted by atomic mass is 10.2. The van der Waals surface area contributed by atoms with Gasteiger partial charge in [-0.25, -0.2) is 9.97 Å². The summed E-state index contributed by atoms with van der Waals surface area (Å²) in [7, 11) is 0. The molecule has 0 spiro atoms. The number of hydrogen-bond donors (Lipinski definition) is 0. The lowest BCUT2D eigenvalue weighted by Crippen LogP contribution is -2.05. The van der Waals surface area contributed by atoms with Crippen LogP contribution in [0.4, 0.5) is 0 Å². The zero-order chi connectivity index (χ0) is 13.1. The second kappa shape index (κ2) is 4.73. The number of carbonyl (C=O) groups excluding carboxylic acids is 1. The molecule has 0 fully saturated rings. The quantitative estimate of drug-likeness (QED) is 0.644. The van der Waals surface area contributed by atoms with Gasteiger partial charge in [0.05, 0.1) is 5.56 Å². The lowest BCUT2D eigenvalue weighted by molar-refractivity contribution is 0.112. The summed E-state index contributed by atoms with van der Waals surface area (Å²) in [4.78, 5) is 19.7. The largest absolute Gasteiger partial charge is 0.298 e. The van der Waals surface area contributed by atoms with Crippen LogP contribution in [0, 0.1) is 0 Å². The average molecular weight is 252 g/mol. The Bertz CT molecular complexity index is 692. The average Bonchev–Trinajstić information content (AvgIpc) is 2.98. The molecule has 2 heterocycles. The van der Waals surface area contributed by atoms with Crippen LogP contribution in [-0.2, 0) is 0 Å². The maximum absolute atomic E-state index is 10.5. The number of nitrogens with zero attached hydrogens (tertiary/aromatic N) is 6. The minimum absolute atomic E-state index is 0.264. The Labute approximate surface area is 107 Å². The van der Waals surface area contributed by atoms with Crippen molar-refractivity contribution < 1.29 is 4.79 Å². The van der Waals surface area contributed by atoms with Gasteiger partial charge in [0.15, 0.2) is 6.29 Å². The van der Waals surface area contributed by atoms with Crippen LogP contribution in [0.5, 0.6) is 0 Å². The van der Waals surface area contributed by atoms with Crippen molar-refractivity contribution in [3.8, 4) is 17.3 Å². The Kier molecular flexibility index (Phi) is 2.77. The summed E-state index contributed by atoms with van der Waals surface area (Å²) in [6.45, 7) is 0. The zero-order valence-electron chi connectivity index (χ0n) is 9.71. The summed E-state index contributed by atoms with van der Waals surface area (Å²) in [6, 6.07) is 9.47. The maximum Gasteiger partial charge on any atom is 0.270 e. The van der Waals surface area contributed by atoms with E-state index in [1.165, 1.54) is 17.2 Å². The van der Waals surface area contributed by atoms with Crippen LogP contribution < -0.4 is 0 Å². The van der Waals surface area contributed by atoms with E-state index in [1.807, 2.05) is 30.3 Å². The van der Waals surface area contributed by atoms with Gasteiger partial charge in [0.2, 0.25) is 5.82 Å². The van der Waals surface area contributed by atoms with Gasteiger partial charge in [0.25, 0.3) is 5.95 Å². The lowest BCUT2D eigenvalue weighted by Gasteiger charge is -1.95. The minimum Gasteiger partial charge on any atom is -0.298 e. The van der Waals surface area contributed by atoms with Crippen LogP contribution >= 0.6 is 0 Å². The van der Waals surface area contributed by atoms with Gasteiger partial charge in [-0.2, -0.15) is 0 Å². The number of benzene rings is 1. The summed E-state index contributed by atoms with van der Waals surface area (Å²) >= 11 is 0. The van der Waals surface area contributed by atoms with Crippen molar-refractivity contribution in [2.24, 2.45) is 0 Å². The van der Waals surface area contributed by atoms with E-state index in [9.17, 15) is 4.79 Å². The number of aldehydes is 1. The second-order valence-corrected chi connectivity index (χ2v) is 3.70. The van der Waals surface area contributed by atoms with E-state index in [2.05, 4.69) is 25.4 Å². The van der Waals surface area contributed by atoms with Gasteiger partial charge in [-0.15, -0.1) is 10.2 Å². The number of carbonyl (C=O) groups is 1. The van der Waals surface area contributed by atoms with E-state index in [0.717, 1.165) is 5.56 Å². The standard InChI is InChI=1S/C12H8N6O/c19-8-9-6-13-12(14-7-9)18-16-11(15-17-18)10-4-2-1-3-5-10/h1-8H. The van der Waals surface area contributed by atoms with Crippen LogP contribution in [0.1, 0.15) is 10.4 Å². The molecule has 0 saturated heterocycles. The Hall–Kier alpha value is -2.96. The molecule has 3 rings (SSSR count). The summed E-state index contributed by atoms with van der Waals surface area (Å²) in [5.41, 5.74) is 1.26. The molecule has 2 aromatic heterocycles. The molecule has 0 radical (unpaired) electrons. The van der Waals surface area contributed by atoms with E-state index in [-0.39, 0.29) is 5.95 Å². The van der Waals surface area contributed by atoms with Gasteiger partial charge < -0.3 is 0 Å². The molecule has 0 N–H and O–H groups in total. The van der Waals surface area contributed by atoms with Gasteiger partial charge >= 0.3 is 0 Å². The molecule has 0 unspecified atom stereocenters. The van der Waals surface area contributed by atoms with Gasteiger partial charge in [0.1, 0.15) is 0 Å². The third kappa shape index (κ3) is 2.21.